The van der Waals surface area contributed by atoms with E-state index in [1.165, 1.54) is 0 Å². The van der Waals surface area contributed by atoms with Crippen molar-refractivity contribution in [1.29, 1.82) is 0 Å². The molecule has 3 rings (SSSR count). The maximum absolute atomic E-state index is 11.7. The topological polar surface area (TPSA) is 90.4 Å². The molecule has 0 radical (unpaired) electrons. The minimum absolute atomic E-state index is 0.407. The van der Waals surface area contributed by atoms with Crippen LogP contribution >= 0.6 is 11.6 Å². The Labute approximate surface area is 155 Å². The highest BCUT2D eigenvalue weighted by Crippen LogP contribution is 2.41. The number of fused-ring (bicyclic) bond motifs is 3. The van der Waals surface area contributed by atoms with E-state index in [-0.39, 0.29) is 0 Å². The highest BCUT2D eigenvalue weighted by Gasteiger charge is 2.47. The predicted molar refractivity (Wildman–Crippen MR) is 102 cm³/mol. The lowest BCUT2D eigenvalue weighted by atomic mass is 9.66. The maximum Gasteiger partial charge on any atom is 0.318 e. The molecule has 0 unspecified atom stereocenters. The van der Waals surface area contributed by atoms with Gasteiger partial charge in [0.2, 0.25) is 0 Å². The number of carboxylic acid groups (broad SMARTS) is 2. The second-order valence-electron chi connectivity index (χ2n) is 6.55. The molecule has 136 valence electrons. The van der Waals surface area contributed by atoms with Crippen LogP contribution in [0.1, 0.15) is 32.3 Å². The van der Waals surface area contributed by atoms with Crippen LogP contribution in [0.5, 0.6) is 0 Å². The second kappa shape index (κ2) is 6.65. The quantitative estimate of drug-likeness (QED) is 0.540. The van der Waals surface area contributed by atoms with E-state index in [4.69, 9.17) is 11.6 Å². The van der Waals surface area contributed by atoms with Crippen LogP contribution in [0.3, 0.4) is 0 Å². The lowest BCUT2D eigenvalue weighted by Crippen LogP contribution is -2.44. The fourth-order valence-electron chi connectivity index (χ4n) is 4.00. The summed E-state index contributed by atoms with van der Waals surface area (Å²) in [7, 11) is 0. The van der Waals surface area contributed by atoms with E-state index in [0.717, 1.165) is 21.8 Å². The van der Waals surface area contributed by atoms with Crippen molar-refractivity contribution in [3.8, 4) is 0 Å². The number of aliphatic carboxylic acids is 2. The Balaban J connectivity index is 2.25. The van der Waals surface area contributed by atoms with Crippen LogP contribution in [0.4, 0.5) is 0 Å². The Bertz CT molecular complexity index is 990. The zero-order chi connectivity index (χ0) is 19.1. The Morgan fingerprint density at radius 3 is 2.23 bits per heavy atom. The second-order valence-corrected chi connectivity index (χ2v) is 6.98. The molecule has 0 atom stereocenters. The van der Waals surface area contributed by atoms with Crippen molar-refractivity contribution >= 4 is 45.3 Å². The normalized spacial score (nSPS) is 12.2. The molecule has 0 spiro atoms. The molecule has 0 saturated heterocycles. The SMILES string of the molecule is CCC(CC)(c1ccc2c(c1)[nH]c1ccc(Cl)cc12)C(C(=O)O)C(=O)O. The molecule has 0 aliphatic carbocycles. The summed E-state index contributed by atoms with van der Waals surface area (Å²) in [6.07, 6.45) is 0.814. The summed E-state index contributed by atoms with van der Waals surface area (Å²) >= 11 is 6.09. The van der Waals surface area contributed by atoms with Gasteiger partial charge in [0.1, 0.15) is 0 Å². The summed E-state index contributed by atoms with van der Waals surface area (Å²) in [6.45, 7) is 3.66. The molecular weight excluding hydrogens is 354 g/mol. The van der Waals surface area contributed by atoms with E-state index in [9.17, 15) is 19.8 Å². The van der Waals surface area contributed by atoms with Crippen LogP contribution in [-0.2, 0) is 15.0 Å². The molecule has 3 N–H and O–H groups in total. The van der Waals surface area contributed by atoms with Gasteiger partial charge in [-0.3, -0.25) is 9.59 Å². The minimum Gasteiger partial charge on any atom is -0.481 e. The summed E-state index contributed by atoms with van der Waals surface area (Å²) in [5.74, 6) is -4.14. The van der Waals surface area contributed by atoms with Gasteiger partial charge in [-0.05, 0) is 42.7 Å². The molecule has 0 fully saturated rings. The number of aromatic amines is 1. The van der Waals surface area contributed by atoms with Gasteiger partial charge in [0.25, 0.3) is 0 Å². The number of halogens is 1. The first-order chi connectivity index (χ1) is 12.3. The molecule has 3 aromatic rings. The lowest BCUT2D eigenvalue weighted by molar-refractivity contribution is -0.158. The Kier molecular flexibility index (Phi) is 4.67. The molecule has 2 aromatic carbocycles. The molecule has 6 heteroatoms. The molecule has 0 aliphatic heterocycles. The van der Waals surface area contributed by atoms with Gasteiger partial charge in [-0.25, -0.2) is 0 Å². The molecule has 0 amide bonds. The van der Waals surface area contributed by atoms with Crippen molar-refractivity contribution < 1.29 is 19.8 Å². The molecule has 0 aliphatic rings. The molecule has 0 bridgehead atoms. The highest BCUT2D eigenvalue weighted by molar-refractivity contribution is 6.31. The van der Waals surface area contributed by atoms with E-state index in [2.05, 4.69) is 4.98 Å². The number of carbonyl (C=O) groups is 2. The summed E-state index contributed by atoms with van der Waals surface area (Å²) in [6, 6.07) is 11.2. The van der Waals surface area contributed by atoms with Gasteiger partial charge in [0.15, 0.2) is 5.92 Å². The van der Waals surface area contributed by atoms with Gasteiger partial charge in [0, 0.05) is 32.2 Å². The fraction of sp³-hybridized carbons (Fsp3) is 0.300. The summed E-state index contributed by atoms with van der Waals surface area (Å²) in [5, 5.41) is 21.7. The van der Waals surface area contributed by atoms with Crippen LogP contribution in [0.25, 0.3) is 21.8 Å². The Morgan fingerprint density at radius 2 is 1.65 bits per heavy atom. The van der Waals surface area contributed by atoms with Gasteiger partial charge >= 0.3 is 11.9 Å². The van der Waals surface area contributed by atoms with E-state index in [0.29, 0.717) is 23.4 Å². The van der Waals surface area contributed by atoms with Crippen LogP contribution in [0.15, 0.2) is 36.4 Å². The molecular formula is C20H20ClNO4. The van der Waals surface area contributed by atoms with Gasteiger partial charge in [0.05, 0.1) is 0 Å². The van der Waals surface area contributed by atoms with Crippen molar-refractivity contribution in [3.63, 3.8) is 0 Å². The minimum atomic E-state index is -1.51. The first-order valence-corrected chi connectivity index (χ1v) is 8.89. The monoisotopic (exact) mass is 373 g/mol. The smallest absolute Gasteiger partial charge is 0.318 e. The van der Waals surface area contributed by atoms with Gasteiger partial charge in [-0.1, -0.05) is 37.6 Å². The van der Waals surface area contributed by atoms with Crippen LogP contribution < -0.4 is 0 Å². The first-order valence-electron chi connectivity index (χ1n) is 8.51. The number of hydrogen-bond donors (Lipinski definition) is 3. The molecule has 0 saturated carbocycles. The van der Waals surface area contributed by atoms with E-state index >= 15 is 0 Å². The van der Waals surface area contributed by atoms with Gasteiger partial charge in [-0.15, -0.1) is 0 Å². The predicted octanol–water partition coefficient (Wildman–Crippen LogP) is 4.82. The molecule has 1 aromatic heterocycles. The zero-order valence-corrected chi connectivity index (χ0v) is 15.3. The first kappa shape index (κ1) is 18.3. The van der Waals surface area contributed by atoms with Gasteiger partial charge < -0.3 is 15.2 Å². The van der Waals surface area contributed by atoms with E-state index in [1.807, 2.05) is 44.2 Å². The number of nitrogens with one attached hydrogen (secondary N) is 1. The average molecular weight is 374 g/mol. The Morgan fingerprint density at radius 1 is 1.00 bits per heavy atom. The fourth-order valence-corrected chi connectivity index (χ4v) is 4.17. The number of benzene rings is 2. The number of H-pyrrole nitrogens is 1. The molecule has 26 heavy (non-hydrogen) atoms. The number of hydrogen-bond acceptors (Lipinski definition) is 2. The maximum atomic E-state index is 11.7. The van der Waals surface area contributed by atoms with Crippen LogP contribution in [0.2, 0.25) is 5.02 Å². The largest absolute Gasteiger partial charge is 0.481 e. The van der Waals surface area contributed by atoms with Crippen molar-refractivity contribution in [2.45, 2.75) is 32.1 Å². The van der Waals surface area contributed by atoms with Crippen molar-refractivity contribution in [1.82, 2.24) is 4.98 Å². The van der Waals surface area contributed by atoms with Crippen molar-refractivity contribution in [2.24, 2.45) is 5.92 Å². The Hall–Kier alpha value is -2.53. The summed E-state index contributed by atoms with van der Waals surface area (Å²) in [5.41, 5.74) is 1.48. The lowest BCUT2D eigenvalue weighted by Gasteiger charge is -2.35. The summed E-state index contributed by atoms with van der Waals surface area (Å²) in [4.78, 5) is 26.7. The standard InChI is InChI=1S/C20H20ClNO4/c1-3-20(4-2,17(18(23)24)19(25)26)11-5-7-13-14-10-12(21)6-8-15(14)22-16(13)9-11/h5-10,17,22H,3-4H2,1-2H3,(H,23,24)(H,25,26). The summed E-state index contributed by atoms with van der Waals surface area (Å²) < 4.78 is 0. The van der Waals surface area contributed by atoms with Gasteiger partial charge in [-0.2, -0.15) is 0 Å². The highest BCUT2D eigenvalue weighted by atomic mass is 35.5. The number of aromatic nitrogens is 1. The number of rotatable bonds is 6. The van der Waals surface area contributed by atoms with Crippen molar-refractivity contribution in [2.75, 3.05) is 0 Å². The number of carboxylic acids is 2. The third kappa shape index (κ3) is 2.72. The third-order valence-corrected chi connectivity index (χ3v) is 5.68. The average Bonchev–Trinajstić information content (AvgIpc) is 2.95. The third-order valence-electron chi connectivity index (χ3n) is 5.44. The zero-order valence-electron chi connectivity index (χ0n) is 14.5. The van der Waals surface area contributed by atoms with Crippen molar-refractivity contribution in [3.05, 3.63) is 47.0 Å². The molecule has 5 nitrogen and oxygen atoms in total. The van der Waals surface area contributed by atoms with Crippen LogP contribution in [-0.4, -0.2) is 27.1 Å². The van der Waals surface area contributed by atoms with E-state index < -0.39 is 23.3 Å². The van der Waals surface area contributed by atoms with E-state index in [1.54, 1.807) is 6.07 Å². The van der Waals surface area contributed by atoms with Crippen LogP contribution in [0, 0.1) is 5.92 Å². The molecule has 1 heterocycles.